The number of ether oxygens (including phenoxy) is 1. The minimum Gasteiger partial charge on any atom is -0.496 e. The molecule has 1 N–H and O–H groups in total. The molecule has 0 saturated heterocycles. The van der Waals surface area contributed by atoms with E-state index in [0.717, 1.165) is 0 Å². The van der Waals surface area contributed by atoms with Gasteiger partial charge >= 0.3 is 5.97 Å². The predicted molar refractivity (Wildman–Crippen MR) is 54.7 cm³/mol. The van der Waals surface area contributed by atoms with Gasteiger partial charge in [0.25, 0.3) is 5.78 Å². The van der Waals surface area contributed by atoms with Crippen molar-refractivity contribution in [2.24, 2.45) is 0 Å². The molecule has 0 aromatic heterocycles. The van der Waals surface area contributed by atoms with Crippen molar-refractivity contribution in [2.75, 3.05) is 7.11 Å². The number of carboxylic acids is 1. The Morgan fingerprint density at radius 2 is 2.00 bits per heavy atom. The summed E-state index contributed by atoms with van der Waals surface area (Å²) in [5, 5.41) is 8.85. The number of Topliss-reactive ketones (excluding diaryl/α,β-unsaturated/α-hetero) is 1. The van der Waals surface area contributed by atoms with Crippen LogP contribution in [0.3, 0.4) is 0 Å². The zero-order valence-electron chi connectivity index (χ0n) is 8.20. The summed E-state index contributed by atoms with van der Waals surface area (Å²) in [5.41, 5.74) is 0.515. The second kappa shape index (κ2) is 4.31. The SMILES string of the molecule is COc1cc(Cl)cc(C(=O)C(=O)O)c1C. The van der Waals surface area contributed by atoms with Crippen LogP contribution in [-0.2, 0) is 4.79 Å². The molecule has 1 aromatic rings. The number of hydrogen-bond donors (Lipinski definition) is 1. The molecule has 80 valence electrons. The number of carboxylic acid groups (broad SMARTS) is 1. The average Bonchev–Trinajstić information content (AvgIpc) is 2.19. The summed E-state index contributed by atoms with van der Waals surface area (Å²) in [6, 6.07) is 2.84. The Bertz CT molecular complexity index is 426. The number of carbonyl (C=O) groups excluding carboxylic acids is 1. The lowest BCUT2D eigenvalue weighted by Gasteiger charge is -2.08. The van der Waals surface area contributed by atoms with Crippen LogP contribution in [0.4, 0.5) is 0 Å². The van der Waals surface area contributed by atoms with Crippen LogP contribution in [0.15, 0.2) is 12.1 Å². The topological polar surface area (TPSA) is 63.6 Å². The van der Waals surface area contributed by atoms with Gasteiger partial charge in [-0.15, -0.1) is 0 Å². The minimum absolute atomic E-state index is 0.0480. The third-order valence-electron chi connectivity index (χ3n) is 1.98. The molecule has 5 heteroatoms. The summed E-state index contributed by atoms with van der Waals surface area (Å²) in [6.07, 6.45) is 0. The van der Waals surface area contributed by atoms with Crippen molar-refractivity contribution in [3.8, 4) is 5.75 Å². The first-order chi connectivity index (χ1) is 6.97. The number of hydrogen-bond acceptors (Lipinski definition) is 3. The molecule has 0 spiro atoms. The van der Waals surface area contributed by atoms with Gasteiger partial charge in [-0.1, -0.05) is 11.6 Å². The Balaban J connectivity index is 3.35. The molecule has 0 unspecified atom stereocenters. The highest BCUT2D eigenvalue weighted by Crippen LogP contribution is 2.26. The van der Waals surface area contributed by atoms with Crippen LogP contribution in [0.1, 0.15) is 15.9 Å². The normalized spacial score (nSPS) is 9.80. The number of aliphatic carboxylic acids is 1. The molecule has 0 amide bonds. The molecular weight excluding hydrogens is 220 g/mol. The van der Waals surface area contributed by atoms with Crippen molar-refractivity contribution in [1.29, 1.82) is 0 Å². The molecule has 0 aliphatic rings. The third kappa shape index (κ3) is 2.27. The Morgan fingerprint density at radius 3 is 2.47 bits per heavy atom. The predicted octanol–water partition coefficient (Wildman–Crippen LogP) is 1.92. The molecule has 15 heavy (non-hydrogen) atoms. The number of ketones is 1. The van der Waals surface area contributed by atoms with Gasteiger partial charge in [0.15, 0.2) is 0 Å². The second-order valence-corrected chi connectivity index (χ2v) is 3.35. The molecule has 1 aromatic carbocycles. The Kier molecular flexibility index (Phi) is 3.31. The fraction of sp³-hybridized carbons (Fsp3) is 0.200. The van der Waals surface area contributed by atoms with Crippen LogP contribution in [-0.4, -0.2) is 24.0 Å². The van der Waals surface area contributed by atoms with E-state index >= 15 is 0 Å². The lowest BCUT2D eigenvalue weighted by atomic mass is 10.0. The van der Waals surface area contributed by atoms with E-state index < -0.39 is 11.8 Å². The number of benzene rings is 1. The first kappa shape index (κ1) is 11.5. The Hall–Kier alpha value is -1.55. The first-order valence-corrected chi connectivity index (χ1v) is 4.47. The summed E-state index contributed by atoms with van der Waals surface area (Å²) in [7, 11) is 1.42. The molecule has 4 nitrogen and oxygen atoms in total. The largest absolute Gasteiger partial charge is 0.496 e. The molecule has 1 rings (SSSR count). The Labute approximate surface area is 91.4 Å². The van der Waals surface area contributed by atoms with E-state index in [0.29, 0.717) is 11.3 Å². The summed E-state index contributed by atoms with van der Waals surface area (Å²) >= 11 is 5.72. The monoisotopic (exact) mass is 228 g/mol. The van der Waals surface area contributed by atoms with Crippen molar-refractivity contribution >= 4 is 23.4 Å². The molecule has 0 atom stereocenters. The zero-order valence-corrected chi connectivity index (χ0v) is 8.96. The highest BCUT2D eigenvalue weighted by Gasteiger charge is 2.19. The van der Waals surface area contributed by atoms with E-state index in [-0.39, 0.29) is 10.6 Å². The number of methoxy groups -OCH3 is 1. The number of rotatable bonds is 3. The molecule has 0 aliphatic heterocycles. The van der Waals surface area contributed by atoms with Gasteiger partial charge in [-0.3, -0.25) is 4.79 Å². The molecular formula is C10H9ClO4. The maximum atomic E-state index is 11.3. The summed E-state index contributed by atoms with van der Waals surface area (Å²) in [6.45, 7) is 1.60. The minimum atomic E-state index is -1.51. The zero-order chi connectivity index (χ0) is 11.6. The number of carbonyl (C=O) groups is 2. The van der Waals surface area contributed by atoms with E-state index in [1.165, 1.54) is 19.2 Å². The van der Waals surface area contributed by atoms with Gasteiger partial charge in [0.2, 0.25) is 0 Å². The van der Waals surface area contributed by atoms with E-state index in [2.05, 4.69) is 0 Å². The van der Waals surface area contributed by atoms with E-state index in [1.807, 2.05) is 0 Å². The van der Waals surface area contributed by atoms with Crippen molar-refractivity contribution in [2.45, 2.75) is 6.92 Å². The summed E-state index contributed by atoms with van der Waals surface area (Å²) in [4.78, 5) is 21.8. The van der Waals surface area contributed by atoms with Gasteiger partial charge in [-0.2, -0.15) is 0 Å². The van der Waals surface area contributed by atoms with Gasteiger partial charge < -0.3 is 9.84 Å². The van der Waals surface area contributed by atoms with Gasteiger partial charge in [0.05, 0.1) is 7.11 Å². The van der Waals surface area contributed by atoms with Crippen LogP contribution in [0.2, 0.25) is 5.02 Å². The van der Waals surface area contributed by atoms with Crippen LogP contribution >= 0.6 is 11.6 Å². The highest BCUT2D eigenvalue weighted by atomic mass is 35.5. The fourth-order valence-electron chi connectivity index (χ4n) is 1.22. The summed E-state index contributed by atoms with van der Waals surface area (Å²) in [5.74, 6) is -2.11. The van der Waals surface area contributed by atoms with Crippen molar-refractivity contribution in [1.82, 2.24) is 0 Å². The quantitative estimate of drug-likeness (QED) is 0.634. The molecule has 0 fully saturated rings. The summed E-state index contributed by atoms with van der Waals surface area (Å²) < 4.78 is 4.97. The van der Waals surface area contributed by atoms with Gasteiger partial charge in [0, 0.05) is 16.1 Å². The van der Waals surface area contributed by atoms with Gasteiger partial charge in [-0.05, 0) is 19.1 Å². The molecule has 0 heterocycles. The lowest BCUT2D eigenvalue weighted by Crippen LogP contribution is -2.14. The Morgan fingerprint density at radius 1 is 1.40 bits per heavy atom. The lowest BCUT2D eigenvalue weighted by molar-refractivity contribution is -0.131. The van der Waals surface area contributed by atoms with Crippen LogP contribution in [0, 0.1) is 6.92 Å². The maximum Gasteiger partial charge on any atom is 0.377 e. The average molecular weight is 229 g/mol. The number of halogens is 1. The van der Waals surface area contributed by atoms with Crippen molar-refractivity contribution < 1.29 is 19.4 Å². The van der Waals surface area contributed by atoms with Crippen molar-refractivity contribution in [3.05, 3.63) is 28.3 Å². The first-order valence-electron chi connectivity index (χ1n) is 4.09. The standard InChI is InChI=1S/C10H9ClO4/c1-5-7(9(12)10(13)14)3-6(11)4-8(5)15-2/h3-4H,1-2H3,(H,13,14). The molecule has 0 saturated carbocycles. The third-order valence-corrected chi connectivity index (χ3v) is 2.20. The van der Waals surface area contributed by atoms with E-state index in [1.54, 1.807) is 6.92 Å². The van der Waals surface area contributed by atoms with E-state index in [4.69, 9.17) is 21.4 Å². The highest BCUT2D eigenvalue weighted by molar-refractivity contribution is 6.41. The van der Waals surface area contributed by atoms with Crippen LogP contribution in [0.25, 0.3) is 0 Å². The molecule has 0 bridgehead atoms. The second-order valence-electron chi connectivity index (χ2n) is 2.91. The van der Waals surface area contributed by atoms with Gasteiger partial charge in [0.1, 0.15) is 5.75 Å². The van der Waals surface area contributed by atoms with Crippen molar-refractivity contribution in [3.63, 3.8) is 0 Å². The fourth-order valence-corrected chi connectivity index (χ4v) is 1.43. The van der Waals surface area contributed by atoms with Gasteiger partial charge in [-0.25, -0.2) is 4.79 Å². The van der Waals surface area contributed by atoms with Crippen LogP contribution in [0.5, 0.6) is 5.75 Å². The molecule has 0 aliphatic carbocycles. The van der Waals surface area contributed by atoms with E-state index in [9.17, 15) is 9.59 Å². The van der Waals surface area contributed by atoms with Crippen LogP contribution < -0.4 is 4.74 Å². The molecule has 0 radical (unpaired) electrons. The smallest absolute Gasteiger partial charge is 0.377 e. The maximum absolute atomic E-state index is 11.3.